The molecule has 0 saturated carbocycles. The molecule has 3 rings (SSSR count). The summed E-state index contributed by atoms with van der Waals surface area (Å²) in [6, 6.07) is 15.0. The molecule has 0 radical (unpaired) electrons. The second kappa shape index (κ2) is 9.36. The molecule has 1 fully saturated rings. The second-order valence-electron chi connectivity index (χ2n) is 6.97. The van der Waals surface area contributed by atoms with Gasteiger partial charge < -0.3 is 25.8 Å². The quantitative estimate of drug-likeness (QED) is 0.535. The summed E-state index contributed by atoms with van der Waals surface area (Å²) in [5.74, 6) is 0. The highest BCUT2D eigenvalue weighted by molar-refractivity contribution is 7.90. The molecule has 2 aromatic rings. The highest BCUT2D eigenvalue weighted by atomic mass is 32.2. The van der Waals surface area contributed by atoms with Crippen molar-refractivity contribution in [2.45, 2.75) is 29.7 Å². The summed E-state index contributed by atoms with van der Waals surface area (Å²) < 4.78 is 28.6. The van der Waals surface area contributed by atoms with Crippen LogP contribution in [0.2, 0.25) is 0 Å². The van der Waals surface area contributed by atoms with E-state index in [0.29, 0.717) is 18.8 Å². The Labute approximate surface area is 170 Å². The summed E-state index contributed by atoms with van der Waals surface area (Å²) in [5.41, 5.74) is 1.58. The topological polar surface area (TPSA) is 117 Å². The van der Waals surface area contributed by atoms with Gasteiger partial charge in [0.15, 0.2) is 9.84 Å². The van der Waals surface area contributed by atoms with Crippen LogP contribution in [0.25, 0.3) is 0 Å². The molecule has 2 aromatic carbocycles. The molecular formula is C20H25N3O5S. The number of aliphatic hydroxyl groups excluding tert-OH is 1. The van der Waals surface area contributed by atoms with E-state index in [9.17, 15) is 18.3 Å². The number of carbonyl (C=O) groups excluding carboxylic acids is 1. The van der Waals surface area contributed by atoms with Gasteiger partial charge in [-0.3, -0.25) is 0 Å². The van der Waals surface area contributed by atoms with Crippen molar-refractivity contribution in [3.63, 3.8) is 0 Å². The van der Waals surface area contributed by atoms with Crippen LogP contribution in [-0.2, 0) is 21.1 Å². The molecule has 1 aliphatic rings. The first-order chi connectivity index (χ1) is 13.8. The molecule has 1 saturated heterocycles. The van der Waals surface area contributed by atoms with Crippen LogP contribution in [0.4, 0.5) is 10.5 Å². The average Bonchev–Trinajstić information content (AvgIpc) is 3.05. The third kappa shape index (κ3) is 6.01. The van der Waals surface area contributed by atoms with Crippen LogP contribution < -0.4 is 16.0 Å². The van der Waals surface area contributed by atoms with Crippen molar-refractivity contribution in [1.82, 2.24) is 10.6 Å². The third-order valence-corrected chi connectivity index (χ3v) is 5.83. The number of aliphatic hydroxyl groups is 1. The molecule has 2 amide bonds. The molecule has 3 unspecified atom stereocenters. The molecule has 0 aliphatic carbocycles. The van der Waals surface area contributed by atoms with Crippen molar-refractivity contribution in [2.75, 3.05) is 24.7 Å². The van der Waals surface area contributed by atoms with E-state index in [1.807, 2.05) is 18.2 Å². The normalized spacial score (nSPS) is 21.7. The number of sulfone groups is 1. The zero-order valence-electron chi connectivity index (χ0n) is 16.0. The van der Waals surface area contributed by atoms with Gasteiger partial charge in [0.05, 0.1) is 23.6 Å². The lowest BCUT2D eigenvalue weighted by Gasteiger charge is -2.19. The summed E-state index contributed by atoms with van der Waals surface area (Å²) in [7, 11) is -3.22. The number of hydrogen-bond donors (Lipinski definition) is 4. The Kier molecular flexibility index (Phi) is 6.86. The van der Waals surface area contributed by atoms with Gasteiger partial charge in [0.2, 0.25) is 0 Å². The molecule has 0 bridgehead atoms. The number of urea groups is 1. The van der Waals surface area contributed by atoms with Crippen LogP contribution in [0.1, 0.15) is 5.56 Å². The van der Waals surface area contributed by atoms with Crippen molar-refractivity contribution in [3.05, 3.63) is 60.2 Å². The van der Waals surface area contributed by atoms with Crippen molar-refractivity contribution >= 4 is 21.6 Å². The van der Waals surface area contributed by atoms with Crippen molar-refractivity contribution in [1.29, 1.82) is 0 Å². The first kappa shape index (κ1) is 21.3. The van der Waals surface area contributed by atoms with E-state index in [-0.39, 0.29) is 23.5 Å². The van der Waals surface area contributed by atoms with Crippen LogP contribution >= 0.6 is 0 Å². The summed E-state index contributed by atoms with van der Waals surface area (Å²) in [6.45, 7) is 0.958. The molecule has 1 aliphatic heterocycles. The Bertz CT molecular complexity index is 919. The SMILES string of the molecule is CS(=O)(=O)c1ccc(CNC2COC(CNC(=O)Nc3ccccc3)C2O)cc1. The van der Waals surface area contributed by atoms with Crippen LogP contribution in [0.15, 0.2) is 59.5 Å². The fraction of sp³-hybridized carbons (Fsp3) is 0.350. The summed E-state index contributed by atoms with van der Waals surface area (Å²) in [4.78, 5) is 12.2. The molecule has 4 N–H and O–H groups in total. The number of amides is 2. The number of carbonyl (C=O) groups is 1. The molecule has 29 heavy (non-hydrogen) atoms. The number of rotatable bonds is 7. The van der Waals surface area contributed by atoms with E-state index >= 15 is 0 Å². The zero-order valence-corrected chi connectivity index (χ0v) is 16.9. The maximum Gasteiger partial charge on any atom is 0.319 e. The predicted octanol–water partition coefficient (Wildman–Crippen LogP) is 1.13. The zero-order chi connectivity index (χ0) is 20.9. The van der Waals surface area contributed by atoms with Gasteiger partial charge in [0, 0.05) is 25.0 Å². The van der Waals surface area contributed by atoms with Crippen LogP contribution in [-0.4, -0.2) is 57.2 Å². The highest BCUT2D eigenvalue weighted by Crippen LogP contribution is 2.16. The fourth-order valence-electron chi connectivity index (χ4n) is 3.04. The van der Waals surface area contributed by atoms with E-state index in [1.54, 1.807) is 36.4 Å². The van der Waals surface area contributed by atoms with Crippen LogP contribution in [0.3, 0.4) is 0 Å². The van der Waals surface area contributed by atoms with Gasteiger partial charge in [-0.05, 0) is 29.8 Å². The lowest BCUT2D eigenvalue weighted by Crippen LogP contribution is -2.45. The van der Waals surface area contributed by atoms with Crippen LogP contribution in [0, 0.1) is 0 Å². The maximum atomic E-state index is 11.9. The van der Waals surface area contributed by atoms with Gasteiger partial charge in [-0.15, -0.1) is 0 Å². The van der Waals surface area contributed by atoms with E-state index < -0.39 is 22.0 Å². The molecule has 0 aromatic heterocycles. The van der Waals surface area contributed by atoms with Gasteiger partial charge >= 0.3 is 6.03 Å². The standard InChI is InChI=1S/C20H25N3O5S/c1-29(26,27)16-9-7-14(8-10-16)11-21-17-13-28-18(19(17)24)12-22-20(25)23-15-5-3-2-4-6-15/h2-10,17-19,21,24H,11-13H2,1H3,(H2,22,23,25). The Morgan fingerprint density at radius 2 is 1.83 bits per heavy atom. The number of para-hydroxylation sites is 1. The third-order valence-electron chi connectivity index (χ3n) is 4.70. The fourth-order valence-corrected chi connectivity index (χ4v) is 3.67. The minimum absolute atomic E-state index is 0.182. The minimum Gasteiger partial charge on any atom is -0.389 e. The molecule has 156 valence electrons. The highest BCUT2D eigenvalue weighted by Gasteiger charge is 2.35. The van der Waals surface area contributed by atoms with Crippen LogP contribution in [0.5, 0.6) is 0 Å². The van der Waals surface area contributed by atoms with E-state index in [2.05, 4.69) is 16.0 Å². The number of hydrogen-bond acceptors (Lipinski definition) is 6. The smallest absolute Gasteiger partial charge is 0.319 e. The van der Waals surface area contributed by atoms with E-state index in [1.165, 1.54) is 6.26 Å². The molecule has 3 atom stereocenters. The average molecular weight is 420 g/mol. The molecule has 8 nitrogen and oxygen atoms in total. The molecule has 9 heteroatoms. The predicted molar refractivity (Wildman–Crippen MR) is 109 cm³/mol. The van der Waals surface area contributed by atoms with Crippen molar-refractivity contribution in [3.8, 4) is 0 Å². The lowest BCUT2D eigenvalue weighted by molar-refractivity contribution is 0.0428. The van der Waals surface area contributed by atoms with Crippen molar-refractivity contribution in [2.24, 2.45) is 0 Å². The Morgan fingerprint density at radius 3 is 2.48 bits per heavy atom. The van der Waals surface area contributed by atoms with Gasteiger partial charge in [0.25, 0.3) is 0 Å². The number of nitrogens with one attached hydrogen (secondary N) is 3. The van der Waals surface area contributed by atoms with E-state index in [0.717, 1.165) is 5.56 Å². The molecule has 1 heterocycles. The minimum atomic E-state index is -3.22. The lowest BCUT2D eigenvalue weighted by atomic mass is 10.1. The summed E-state index contributed by atoms with van der Waals surface area (Å²) >= 11 is 0. The number of benzene rings is 2. The Balaban J connectivity index is 1.43. The van der Waals surface area contributed by atoms with Gasteiger partial charge in [-0.1, -0.05) is 30.3 Å². The monoisotopic (exact) mass is 419 g/mol. The van der Waals surface area contributed by atoms with Crippen molar-refractivity contribution < 1.29 is 23.1 Å². The first-order valence-electron chi connectivity index (χ1n) is 9.25. The first-order valence-corrected chi connectivity index (χ1v) is 11.1. The summed E-state index contributed by atoms with van der Waals surface area (Å²) in [6.07, 6.45) is -0.121. The Morgan fingerprint density at radius 1 is 1.14 bits per heavy atom. The van der Waals surface area contributed by atoms with E-state index in [4.69, 9.17) is 4.74 Å². The number of anilines is 1. The largest absolute Gasteiger partial charge is 0.389 e. The second-order valence-corrected chi connectivity index (χ2v) is 8.98. The number of ether oxygens (including phenoxy) is 1. The van der Waals surface area contributed by atoms with Gasteiger partial charge in [0.1, 0.15) is 6.10 Å². The molecular weight excluding hydrogens is 394 g/mol. The van der Waals surface area contributed by atoms with Gasteiger partial charge in [-0.2, -0.15) is 0 Å². The summed E-state index contributed by atoms with van der Waals surface area (Å²) in [5, 5.41) is 19.1. The maximum absolute atomic E-state index is 11.9. The molecule has 0 spiro atoms. The Hall–Kier alpha value is -2.46. The van der Waals surface area contributed by atoms with Gasteiger partial charge in [-0.25, -0.2) is 13.2 Å².